The summed E-state index contributed by atoms with van der Waals surface area (Å²) in [6.07, 6.45) is 0.688. The van der Waals surface area contributed by atoms with E-state index in [0.29, 0.717) is 36.5 Å². The number of fused-ring (bicyclic) bond motifs is 1. The van der Waals surface area contributed by atoms with Gasteiger partial charge in [0.2, 0.25) is 10.0 Å². The zero-order valence-electron chi connectivity index (χ0n) is 11.7. The van der Waals surface area contributed by atoms with Crippen molar-refractivity contribution in [2.24, 2.45) is 5.14 Å². The Morgan fingerprint density at radius 1 is 1.27 bits per heavy atom. The molecule has 0 unspecified atom stereocenters. The minimum absolute atomic E-state index is 0.228. The Morgan fingerprint density at radius 3 is 2.59 bits per heavy atom. The molecule has 0 saturated carbocycles. The van der Waals surface area contributed by atoms with Crippen molar-refractivity contribution in [3.8, 4) is 0 Å². The van der Waals surface area contributed by atoms with Crippen LogP contribution in [0.25, 0.3) is 11.0 Å². The zero-order chi connectivity index (χ0) is 15.9. The van der Waals surface area contributed by atoms with Gasteiger partial charge in [-0.15, -0.1) is 0 Å². The molecule has 118 valence electrons. The Morgan fingerprint density at radius 2 is 1.95 bits per heavy atom. The number of piperidine rings is 1. The molecule has 1 aromatic heterocycles. The lowest BCUT2D eigenvalue weighted by atomic mass is 10.1. The molecule has 0 bridgehead atoms. The Labute approximate surface area is 132 Å². The van der Waals surface area contributed by atoms with Crippen molar-refractivity contribution >= 4 is 38.5 Å². The van der Waals surface area contributed by atoms with E-state index in [-0.39, 0.29) is 11.7 Å². The van der Waals surface area contributed by atoms with E-state index in [0.717, 1.165) is 5.39 Å². The molecule has 0 spiro atoms. The summed E-state index contributed by atoms with van der Waals surface area (Å²) >= 11 is 5.91. The van der Waals surface area contributed by atoms with E-state index in [1.165, 1.54) is 0 Å². The predicted octanol–water partition coefficient (Wildman–Crippen LogP) is 1.98. The van der Waals surface area contributed by atoms with Gasteiger partial charge in [0.25, 0.3) is 5.91 Å². The monoisotopic (exact) mass is 342 g/mol. The van der Waals surface area contributed by atoms with Gasteiger partial charge in [0.15, 0.2) is 5.76 Å². The smallest absolute Gasteiger partial charge is 0.289 e. The molecule has 8 heteroatoms. The highest BCUT2D eigenvalue weighted by molar-refractivity contribution is 7.89. The summed E-state index contributed by atoms with van der Waals surface area (Å²) in [5, 5.41) is 5.90. The fourth-order valence-electron chi connectivity index (χ4n) is 2.66. The molecule has 0 aliphatic carbocycles. The first-order valence-corrected chi connectivity index (χ1v) is 8.83. The SMILES string of the molecule is NS(=O)(=O)C1CCN(C(=O)c2cc3cc(Cl)ccc3o2)CC1. The van der Waals surface area contributed by atoms with E-state index < -0.39 is 15.3 Å². The van der Waals surface area contributed by atoms with Crippen molar-refractivity contribution in [3.63, 3.8) is 0 Å². The molecule has 1 saturated heterocycles. The molecular weight excluding hydrogens is 328 g/mol. The average molecular weight is 343 g/mol. The standard InChI is InChI=1S/C14H15ClN2O4S/c15-10-1-2-12-9(7-10)8-13(21-12)14(18)17-5-3-11(4-6-17)22(16,19)20/h1-2,7-8,11H,3-6H2,(H2,16,19,20). The number of primary sulfonamides is 1. The van der Waals surface area contributed by atoms with E-state index >= 15 is 0 Å². The first kappa shape index (κ1) is 15.3. The van der Waals surface area contributed by atoms with Gasteiger partial charge in [0, 0.05) is 23.5 Å². The number of halogens is 1. The maximum Gasteiger partial charge on any atom is 0.289 e. The van der Waals surface area contributed by atoms with E-state index in [1.54, 1.807) is 29.2 Å². The van der Waals surface area contributed by atoms with Gasteiger partial charge in [0.05, 0.1) is 5.25 Å². The van der Waals surface area contributed by atoms with Crippen molar-refractivity contribution in [1.82, 2.24) is 4.90 Å². The second kappa shape index (κ2) is 5.57. The van der Waals surface area contributed by atoms with Gasteiger partial charge in [-0.2, -0.15) is 0 Å². The minimum Gasteiger partial charge on any atom is -0.451 e. The molecule has 22 heavy (non-hydrogen) atoms. The number of sulfonamides is 1. The third kappa shape index (κ3) is 2.97. The third-order valence-electron chi connectivity index (χ3n) is 3.88. The number of likely N-dealkylation sites (tertiary alicyclic amines) is 1. The molecule has 2 N–H and O–H groups in total. The van der Waals surface area contributed by atoms with Gasteiger partial charge < -0.3 is 9.32 Å². The summed E-state index contributed by atoms with van der Waals surface area (Å²) in [6.45, 7) is 0.690. The molecule has 1 aliphatic heterocycles. The van der Waals surface area contributed by atoms with Crippen LogP contribution < -0.4 is 5.14 Å². The number of carbonyl (C=O) groups is 1. The number of amides is 1. The number of nitrogens with two attached hydrogens (primary N) is 1. The van der Waals surface area contributed by atoms with Crippen LogP contribution in [0.4, 0.5) is 0 Å². The summed E-state index contributed by atoms with van der Waals surface area (Å²) in [4.78, 5) is 14.0. The van der Waals surface area contributed by atoms with Crippen molar-refractivity contribution in [2.75, 3.05) is 13.1 Å². The number of hydrogen-bond donors (Lipinski definition) is 1. The number of benzene rings is 1. The molecule has 1 aromatic carbocycles. The number of rotatable bonds is 2. The van der Waals surface area contributed by atoms with Crippen LogP contribution in [0.5, 0.6) is 0 Å². The van der Waals surface area contributed by atoms with Crippen molar-refractivity contribution in [1.29, 1.82) is 0 Å². The highest BCUT2D eigenvalue weighted by Gasteiger charge is 2.30. The highest BCUT2D eigenvalue weighted by Crippen LogP contribution is 2.25. The van der Waals surface area contributed by atoms with Crippen molar-refractivity contribution < 1.29 is 17.6 Å². The largest absolute Gasteiger partial charge is 0.451 e. The van der Waals surface area contributed by atoms with Gasteiger partial charge in [-0.25, -0.2) is 13.6 Å². The van der Waals surface area contributed by atoms with Gasteiger partial charge in [-0.05, 0) is 37.1 Å². The third-order valence-corrected chi connectivity index (χ3v) is 5.52. The van der Waals surface area contributed by atoms with Crippen LogP contribution in [0.15, 0.2) is 28.7 Å². The van der Waals surface area contributed by atoms with E-state index in [1.807, 2.05) is 0 Å². The minimum atomic E-state index is -3.54. The van der Waals surface area contributed by atoms with Gasteiger partial charge in [0.1, 0.15) is 5.58 Å². The Balaban J connectivity index is 1.76. The summed E-state index contributed by atoms with van der Waals surface area (Å²) in [5.74, 6) is -0.0217. The summed E-state index contributed by atoms with van der Waals surface area (Å²) in [7, 11) is -3.54. The summed E-state index contributed by atoms with van der Waals surface area (Å²) < 4.78 is 28.2. The van der Waals surface area contributed by atoms with Crippen LogP contribution in [0.1, 0.15) is 23.4 Å². The molecule has 0 atom stereocenters. The van der Waals surface area contributed by atoms with Crippen molar-refractivity contribution in [2.45, 2.75) is 18.1 Å². The zero-order valence-corrected chi connectivity index (χ0v) is 13.2. The number of nitrogens with zero attached hydrogens (tertiary/aromatic N) is 1. The molecular formula is C14H15ClN2O4S. The molecule has 2 aromatic rings. The number of furan rings is 1. The first-order valence-electron chi connectivity index (χ1n) is 6.84. The van der Waals surface area contributed by atoms with Crippen LogP contribution in [-0.4, -0.2) is 37.6 Å². The Bertz CT molecular complexity index is 822. The first-order chi connectivity index (χ1) is 10.3. The molecule has 3 rings (SSSR count). The molecule has 2 heterocycles. The lowest BCUT2D eigenvalue weighted by Crippen LogP contribution is -2.44. The number of hydrogen-bond acceptors (Lipinski definition) is 4. The van der Waals surface area contributed by atoms with Crippen LogP contribution >= 0.6 is 11.6 Å². The van der Waals surface area contributed by atoms with E-state index in [4.69, 9.17) is 21.2 Å². The van der Waals surface area contributed by atoms with Gasteiger partial charge >= 0.3 is 0 Å². The van der Waals surface area contributed by atoms with E-state index in [2.05, 4.69) is 0 Å². The van der Waals surface area contributed by atoms with Crippen LogP contribution in [0, 0.1) is 0 Å². The lowest BCUT2D eigenvalue weighted by Gasteiger charge is -2.30. The molecule has 0 radical (unpaired) electrons. The average Bonchev–Trinajstić information content (AvgIpc) is 2.88. The van der Waals surface area contributed by atoms with Crippen LogP contribution in [-0.2, 0) is 10.0 Å². The van der Waals surface area contributed by atoms with Gasteiger partial charge in [-0.3, -0.25) is 4.79 Å². The number of carbonyl (C=O) groups excluding carboxylic acids is 1. The maximum absolute atomic E-state index is 12.4. The molecule has 1 amide bonds. The molecule has 1 fully saturated rings. The predicted molar refractivity (Wildman–Crippen MR) is 83.3 cm³/mol. The fraction of sp³-hybridized carbons (Fsp3) is 0.357. The second-order valence-corrected chi connectivity index (χ2v) is 7.65. The topological polar surface area (TPSA) is 93.6 Å². The van der Waals surface area contributed by atoms with Crippen molar-refractivity contribution in [3.05, 3.63) is 35.0 Å². The lowest BCUT2D eigenvalue weighted by molar-refractivity contribution is 0.0696. The Kier molecular flexibility index (Phi) is 3.88. The Hall–Kier alpha value is -1.57. The molecule has 6 nitrogen and oxygen atoms in total. The maximum atomic E-state index is 12.4. The summed E-state index contributed by atoms with van der Waals surface area (Å²) in [6, 6.07) is 6.78. The van der Waals surface area contributed by atoms with Crippen LogP contribution in [0.2, 0.25) is 5.02 Å². The fourth-order valence-corrected chi connectivity index (χ4v) is 3.71. The highest BCUT2D eigenvalue weighted by atomic mass is 35.5. The van der Waals surface area contributed by atoms with Gasteiger partial charge in [-0.1, -0.05) is 11.6 Å². The second-order valence-electron chi connectivity index (χ2n) is 5.37. The van der Waals surface area contributed by atoms with Crippen LogP contribution in [0.3, 0.4) is 0 Å². The quantitative estimate of drug-likeness (QED) is 0.902. The summed E-state index contributed by atoms with van der Waals surface area (Å²) in [5.41, 5.74) is 0.590. The normalized spacial score (nSPS) is 17.1. The molecule has 1 aliphatic rings. The van der Waals surface area contributed by atoms with E-state index in [9.17, 15) is 13.2 Å².